The van der Waals surface area contributed by atoms with Crippen molar-refractivity contribution in [2.24, 2.45) is 0 Å². The van der Waals surface area contributed by atoms with E-state index in [0.717, 1.165) is 0 Å². The molecule has 24 heavy (non-hydrogen) atoms. The highest BCUT2D eigenvalue weighted by molar-refractivity contribution is 7.67. The van der Waals surface area contributed by atoms with Crippen molar-refractivity contribution in [3.63, 3.8) is 0 Å². The first-order valence-electron chi connectivity index (χ1n) is 8.74. The normalized spacial score (nSPS) is 26.4. The summed E-state index contributed by atoms with van der Waals surface area (Å²) in [6, 6.07) is 33.5. The Morgan fingerprint density at radius 3 is 1.92 bits per heavy atom. The molecule has 1 heterocycles. The summed E-state index contributed by atoms with van der Waals surface area (Å²) in [6.45, 7) is 2.49. The minimum Gasteiger partial charge on any atom is -0.0622 e. The van der Waals surface area contributed by atoms with E-state index in [9.17, 15) is 0 Å². The Balaban J connectivity index is 1.83. The molecule has 0 radical (unpaired) electrons. The standard InChI is InChI=1S/C23H23P/c1-23(20-13-7-3-8-14-20)18-17-22(19-11-5-2-6-12-19)24(23)21-15-9-4-10-16-21/h2-16,22H,17-18H2,1H3/t22-,23+,24-/m0/s1. The van der Waals surface area contributed by atoms with Crippen molar-refractivity contribution in [3.8, 4) is 0 Å². The Hall–Kier alpha value is -1.91. The molecule has 1 aliphatic heterocycles. The minimum absolute atomic E-state index is 0.248. The molecule has 0 nitrogen and oxygen atoms in total. The highest BCUT2D eigenvalue weighted by atomic mass is 31.1. The van der Waals surface area contributed by atoms with Crippen LogP contribution in [0.25, 0.3) is 0 Å². The van der Waals surface area contributed by atoms with Gasteiger partial charge in [-0.15, -0.1) is 0 Å². The highest BCUT2D eigenvalue weighted by Gasteiger charge is 2.46. The number of benzene rings is 3. The van der Waals surface area contributed by atoms with Gasteiger partial charge in [0.2, 0.25) is 0 Å². The third-order valence-corrected chi connectivity index (χ3v) is 8.94. The van der Waals surface area contributed by atoms with E-state index in [0.29, 0.717) is 5.66 Å². The van der Waals surface area contributed by atoms with Crippen LogP contribution in [0, 0.1) is 0 Å². The molecule has 3 atom stereocenters. The van der Waals surface area contributed by atoms with Crippen LogP contribution in [0.2, 0.25) is 0 Å². The van der Waals surface area contributed by atoms with Crippen LogP contribution in [-0.4, -0.2) is 0 Å². The Labute approximate surface area is 146 Å². The lowest BCUT2D eigenvalue weighted by Gasteiger charge is -2.36. The van der Waals surface area contributed by atoms with Gasteiger partial charge in [-0.1, -0.05) is 106 Å². The van der Waals surface area contributed by atoms with Crippen LogP contribution in [0.5, 0.6) is 0 Å². The van der Waals surface area contributed by atoms with Gasteiger partial charge in [0.05, 0.1) is 0 Å². The van der Waals surface area contributed by atoms with E-state index in [1.807, 2.05) is 0 Å². The Bertz CT molecular complexity index is 782. The van der Waals surface area contributed by atoms with Gasteiger partial charge in [0, 0.05) is 10.8 Å². The topological polar surface area (TPSA) is 0 Å². The van der Waals surface area contributed by atoms with Crippen molar-refractivity contribution in [3.05, 3.63) is 102 Å². The molecule has 0 N–H and O–H groups in total. The Kier molecular flexibility index (Phi) is 4.25. The molecule has 3 aromatic rings. The van der Waals surface area contributed by atoms with Crippen LogP contribution in [0.3, 0.4) is 0 Å². The minimum atomic E-state index is -0.302. The van der Waals surface area contributed by atoms with Gasteiger partial charge in [-0.25, -0.2) is 0 Å². The zero-order valence-electron chi connectivity index (χ0n) is 14.1. The van der Waals surface area contributed by atoms with E-state index in [4.69, 9.17) is 0 Å². The maximum absolute atomic E-state index is 2.49. The molecular weight excluding hydrogens is 307 g/mol. The second-order valence-corrected chi connectivity index (χ2v) is 9.68. The van der Waals surface area contributed by atoms with Crippen molar-refractivity contribution in [1.29, 1.82) is 0 Å². The third kappa shape index (κ3) is 2.70. The van der Waals surface area contributed by atoms with E-state index in [-0.39, 0.29) is 13.1 Å². The van der Waals surface area contributed by atoms with Crippen LogP contribution < -0.4 is 5.30 Å². The maximum atomic E-state index is 2.49. The first kappa shape index (κ1) is 15.6. The molecular formula is C23H23P. The van der Waals surface area contributed by atoms with Gasteiger partial charge in [0.25, 0.3) is 0 Å². The molecule has 0 amide bonds. The largest absolute Gasteiger partial charge is 0.0622 e. The average Bonchev–Trinajstić information content (AvgIpc) is 3.03. The predicted molar refractivity (Wildman–Crippen MR) is 105 cm³/mol. The quantitative estimate of drug-likeness (QED) is 0.498. The number of rotatable bonds is 3. The van der Waals surface area contributed by atoms with Gasteiger partial charge in [0.15, 0.2) is 0 Å². The van der Waals surface area contributed by atoms with Crippen LogP contribution in [0.15, 0.2) is 91.0 Å². The summed E-state index contributed by atoms with van der Waals surface area (Å²) in [4.78, 5) is 0. The first-order valence-corrected chi connectivity index (χ1v) is 10.1. The monoisotopic (exact) mass is 330 g/mol. The van der Waals surface area contributed by atoms with Crippen LogP contribution in [0.1, 0.15) is 36.6 Å². The molecule has 0 bridgehead atoms. The van der Waals surface area contributed by atoms with Gasteiger partial charge in [0.1, 0.15) is 0 Å². The SMILES string of the molecule is C[C@]1(c2ccccc2)CC[C@@H](c2ccccc2)[P@]1c1ccccc1. The second kappa shape index (κ2) is 6.54. The summed E-state index contributed by atoms with van der Waals surface area (Å²) < 4.78 is 0. The molecule has 1 saturated heterocycles. The smallest absolute Gasteiger partial charge is 0.0172 e. The van der Waals surface area contributed by atoms with E-state index in [1.54, 1.807) is 0 Å². The van der Waals surface area contributed by atoms with Gasteiger partial charge in [-0.05, 0) is 29.3 Å². The van der Waals surface area contributed by atoms with Crippen LogP contribution in [0.4, 0.5) is 0 Å². The fourth-order valence-corrected chi connectivity index (χ4v) is 7.90. The summed E-state index contributed by atoms with van der Waals surface area (Å²) in [5.74, 6) is 0. The third-order valence-electron chi connectivity index (χ3n) is 5.36. The lowest BCUT2D eigenvalue weighted by molar-refractivity contribution is 0.624. The summed E-state index contributed by atoms with van der Waals surface area (Å²) in [7, 11) is -0.302. The summed E-state index contributed by atoms with van der Waals surface area (Å²) in [5.41, 5.74) is 3.65. The molecule has 1 aliphatic rings. The molecule has 1 heteroatoms. The van der Waals surface area contributed by atoms with Crippen molar-refractivity contribution in [2.45, 2.75) is 30.6 Å². The molecule has 0 unspecified atom stereocenters. The van der Waals surface area contributed by atoms with Crippen molar-refractivity contribution in [1.82, 2.24) is 0 Å². The summed E-state index contributed by atoms with van der Waals surface area (Å²) in [6.07, 6.45) is 2.53. The molecule has 0 saturated carbocycles. The highest BCUT2D eigenvalue weighted by Crippen LogP contribution is 2.72. The molecule has 1 fully saturated rings. The van der Waals surface area contributed by atoms with Gasteiger partial charge < -0.3 is 0 Å². The number of hydrogen-bond acceptors (Lipinski definition) is 0. The molecule has 120 valence electrons. The van der Waals surface area contributed by atoms with Gasteiger partial charge in [-0.3, -0.25) is 0 Å². The predicted octanol–water partition coefficient (Wildman–Crippen LogP) is 6.24. The van der Waals surface area contributed by atoms with Crippen molar-refractivity contribution >= 4 is 13.2 Å². The number of hydrogen-bond donors (Lipinski definition) is 0. The van der Waals surface area contributed by atoms with Gasteiger partial charge in [-0.2, -0.15) is 0 Å². The Morgan fingerprint density at radius 2 is 1.29 bits per heavy atom. The van der Waals surface area contributed by atoms with Crippen molar-refractivity contribution < 1.29 is 0 Å². The van der Waals surface area contributed by atoms with E-state index in [1.165, 1.54) is 29.3 Å². The zero-order chi connectivity index (χ0) is 16.4. The fraction of sp³-hybridized carbons (Fsp3) is 0.217. The zero-order valence-corrected chi connectivity index (χ0v) is 15.0. The van der Waals surface area contributed by atoms with Crippen molar-refractivity contribution in [2.75, 3.05) is 0 Å². The lowest BCUT2D eigenvalue weighted by Crippen LogP contribution is -2.21. The lowest BCUT2D eigenvalue weighted by atomic mass is 9.94. The summed E-state index contributed by atoms with van der Waals surface area (Å²) in [5, 5.41) is 1.78. The van der Waals surface area contributed by atoms with Crippen LogP contribution >= 0.6 is 7.92 Å². The fourth-order valence-electron chi connectivity index (χ4n) is 4.14. The second-order valence-electron chi connectivity index (χ2n) is 6.81. The van der Waals surface area contributed by atoms with Gasteiger partial charge >= 0.3 is 0 Å². The molecule has 0 aliphatic carbocycles. The Morgan fingerprint density at radius 1 is 0.750 bits per heavy atom. The average molecular weight is 330 g/mol. The molecule has 0 aromatic heterocycles. The van der Waals surface area contributed by atoms with Crippen LogP contribution in [-0.2, 0) is 5.16 Å². The molecule has 3 aromatic carbocycles. The molecule has 0 spiro atoms. The first-order chi connectivity index (χ1) is 11.8. The molecule has 4 rings (SSSR count). The summed E-state index contributed by atoms with van der Waals surface area (Å²) >= 11 is 0. The maximum Gasteiger partial charge on any atom is 0.0172 e. The van der Waals surface area contributed by atoms with E-state index in [2.05, 4.69) is 97.9 Å². The van der Waals surface area contributed by atoms with E-state index < -0.39 is 0 Å². The van der Waals surface area contributed by atoms with E-state index >= 15 is 0 Å².